The lowest BCUT2D eigenvalue weighted by Crippen LogP contribution is -2.25. The van der Waals surface area contributed by atoms with Crippen LogP contribution in [0.3, 0.4) is 0 Å². The van der Waals surface area contributed by atoms with Crippen molar-refractivity contribution in [2.75, 3.05) is 12.4 Å². The maximum atomic E-state index is 12.5. The van der Waals surface area contributed by atoms with Crippen molar-refractivity contribution in [3.8, 4) is 5.75 Å². The number of hydrogen-bond acceptors (Lipinski definition) is 4. The second kappa shape index (κ2) is 9.01. The zero-order valence-electron chi connectivity index (χ0n) is 15.1. The number of amides is 2. The Kier molecular flexibility index (Phi) is 6.24. The quantitative estimate of drug-likeness (QED) is 0.662. The Morgan fingerprint density at radius 2 is 1.61 bits per heavy atom. The number of aromatic nitrogens is 1. The van der Waals surface area contributed by atoms with Crippen molar-refractivity contribution in [2.24, 2.45) is 0 Å². The SMILES string of the molecule is COc1ccccc1NC(=O)c1cccc(C(=O)NCc2ccccc2Cl)n1. The van der Waals surface area contributed by atoms with E-state index in [9.17, 15) is 9.59 Å². The lowest BCUT2D eigenvalue weighted by atomic mass is 10.2. The van der Waals surface area contributed by atoms with Crippen LogP contribution < -0.4 is 15.4 Å². The molecule has 0 aliphatic carbocycles. The molecule has 0 radical (unpaired) electrons. The van der Waals surface area contributed by atoms with E-state index < -0.39 is 11.8 Å². The molecule has 1 heterocycles. The fourth-order valence-corrected chi connectivity index (χ4v) is 2.73. The van der Waals surface area contributed by atoms with Crippen molar-refractivity contribution in [3.63, 3.8) is 0 Å². The van der Waals surface area contributed by atoms with Gasteiger partial charge in [0.15, 0.2) is 0 Å². The molecule has 0 spiro atoms. The summed E-state index contributed by atoms with van der Waals surface area (Å²) >= 11 is 6.09. The molecule has 0 bridgehead atoms. The molecule has 3 aromatic rings. The second-order valence-corrected chi connectivity index (χ2v) is 6.24. The Bertz CT molecular complexity index is 1010. The first-order valence-electron chi connectivity index (χ1n) is 8.51. The zero-order valence-corrected chi connectivity index (χ0v) is 15.9. The van der Waals surface area contributed by atoms with E-state index >= 15 is 0 Å². The van der Waals surface area contributed by atoms with E-state index in [0.717, 1.165) is 5.56 Å². The van der Waals surface area contributed by atoms with Gasteiger partial charge in [0.05, 0.1) is 12.8 Å². The van der Waals surface area contributed by atoms with Gasteiger partial charge in [0.2, 0.25) is 0 Å². The van der Waals surface area contributed by atoms with Gasteiger partial charge in [-0.1, -0.05) is 48.0 Å². The summed E-state index contributed by atoms with van der Waals surface area (Å²) in [6.07, 6.45) is 0. The van der Waals surface area contributed by atoms with E-state index in [4.69, 9.17) is 16.3 Å². The van der Waals surface area contributed by atoms with Crippen molar-refractivity contribution in [2.45, 2.75) is 6.54 Å². The maximum absolute atomic E-state index is 12.5. The number of pyridine rings is 1. The zero-order chi connectivity index (χ0) is 19.9. The fourth-order valence-electron chi connectivity index (χ4n) is 2.53. The summed E-state index contributed by atoms with van der Waals surface area (Å²) in [6, 6.07) is 19.0. The van der Waals surface area contributed by atoms with Crippen LogP contribution in [0.1, 0.15) is 26.5 Å². The molecule has 0 aliphatic heterocycles. The highest BCUT2D eigenvalue weighted by molar-refractivity contribution is 6.31. The van der Waals surface area contributed by atoms with Gasteiger partial charge in [0, 0.05) is 11.6 Å². The molecule has 2 N–H and O–H groups in total. The van der Waals surface area contributed by atoms with E-state index in [1.165, 1.54) is 13.2 Å². The number of halogens is 1. The van der Waals surface area contributed by atoms with Gasteiger partial charge < -0.3 is 15.4 Å². The van der Waals surface area contributed by atoms with Crippen LogP contribution in [0.5, 0.6) is 5.75 Å². The Hall–Kier alpha value is -3.38. The van der Waals surface area contributed by atoms with Gasteiger partial charge in [-0.25, -0.2) is 4.98 Å². The predicted octanol–water partition coefficient (Wildman–Crippen LogP) is 3.93. The van der Waals surface area contributed by atoms with Gasteiger partial charge >= 0.3 is 0 Å². The summed E-state index contributed by atoms with van der Waals surface area (Å²) in [5.74, 6) is -0.304. The molecule has 0 aliphatic rings. The molecule has 142 valence electrons. The minimum atomic E-state index is -0.440. The third kappa shape index (κ3) is 4.66. The number of para-hydroxylation sites is 2. The third-order valence-corrected chi connectivity index (χ3v) is 4.34. The molecular weight excluding hydrogens is 378 g/mol. The first-order valence-corrected chi connectivity index (χ1v) is 8.89. The second-order valence-electron chi connectivity index (χ2n) is 5.84. The van der Waals surface area contributed by atoms with Crippen LogP contribution in [0.4, 0.5) is 5.69 Å². The largest absolute Gasteiger partial charge is 0.495 e. The van der Waals surface area contributed by atoms with Crippen LogP contribution in [0.2, 0.25) is 5.02 Å². The van der Waals surface area contributed by atoms with Crippen LogP contribution >= 0.6 is 11.6 Å². The standard InChI is InChI=1S/C21H18ClN3O3/c1-28-19-12-5-4-9-16(19)25-21(27)18-11-6-10-17(24-18)20(26)23-13-14-7-2-3-8-15(14)22/h2-12H,13H2,1H3,(H,23,26)(H,25,27). The van der Waals surface area contributed by atoms with Crippen LogP contribution in [-0.4, -0.2) is 23.9 Å². The molecule has 0 fully saturated rings. The van der Waals surface area contributed by atoms with Gasteiger partial charge in [-0.3, -0.25) is 9.59 Å². The van der Waals surface area contributed by atoms with E-state index in [1.807, 2.05) is 18.2 Å². The van der Waals surface area contributed by atoms with Crippen molar-refractivity contribution in [1.82, 2.24) is 10.3 Å². The van der Waals surface area contributed by atoms with Gasteiger partial charge in [-0.05, 0) is 35.9 Å². The number of hydrogen-bond donors (Lipinski definition) is 2. The number of nitrogens with zero attached hydrogens (tertiary/aromatic N) is 1. The topological polar surface area (TPSA) is 80.3 Å². The molecule has 3 rings (SSSR count). The monoisotopic (exact) mass is 395 g/mol. The molecule has 7 heteroatoms. The van der Waals surface area contributed by atoms with Crippen LogP contribution in [-0.2, 0) is 6.54 Å². The first kappa shape index (κ1) is 19.4. The van der Waals surface area contributed by atoms with Gasteiger partial charge in [0.1, 0.15) is 17.1 Å². The number of methoxy groups -OCH3 is 1. The highest BCUT2D eigenvalue weighted by Crippen LogP contribution is 2.23. The first-order chi connectivity index (χ1) is 13.6. The maximum Gasteiger partial charge on any atom is 0.274 e. The predicted molar refractivity (Wildman–Crippen MR) is 108 cm³/mol. The third-order valence-electron chi connectivity index (χ3n) is 3.97. The number of rotatable bonds is 6. The van der Waals surface area contributed by atoms with E-state index in [0.29, 0.717) is 16.5 Å². The fraction of sp³-hybridized carbons (Fsp3) is 0.0952. The molecule has 0 saturated heterocycles. The summed E-state index contributed by atoms with van der Waals surface area (Å²) < 4.78 is 5.22. The number of ether oxygens (including phenoxy) is 1. The number of benzene rings is 2. The van der Waals surface area contributed by atoms with Crippen molar-refractivity contribution >= 4 is 29.1 Å². The van der Waals surface area contributed by atoms with Gasteiger partial charge in [-0.15, -0.1) is 0 Å². The van der Waals surface area contributed by atoms with Crippen molar-refractivity contribution in [3.05, 3.63) is 88.7 Å². The molecule has 6 nitrogen and oxygen atoms in total. The summed E-state index contributed by atoms with van der Waals surface area (Å²) in [6.45, 7) is 0.262. The Morgan fingerprint density at radius 3 is 2.36 bits per heavy atom. The van der Waals surface area contributed by atoms with E-state index in [-0.39, 0.29) is 17.9 Å². The van der Waals surface area contributed by atoms with Crippen LogP contribution in [0.15, 0.2) is 66.7 Å². The summed E-state index contributed by atoms with van der Waals surface area (Å²) in [5, 5.41) is 6.06. The Labute approximate surface area is 167 Å². The number of carbonyl (C=O) groups excluding carboxylic acids is 2. The van der Waals surface area contributed by atoms with Gasteiger partial charge in [-0.2, -0.15) is 0 Å². The summed E-state index contributed by atoms with van der Waals surface area (Å²) in [5.41, 5.74) is 1.57. The van der Waals surface area contributed by atoms with Crippen molar-refractivity contribution < 1.29 is 14.3 Å². The Morgan fingerprint density at radius 1 is 0.929 bits per heavy atom. The lowest BCUT2D eigenvalue weighted by molar-refractivity contribution is 0.0945. The minimum Gasteiger partial charge on any atom is -0.495 e. The van der Waals surface area contributed by atoms with Crippen LogP contribution in [0, 0.1) is 0 Å². The van der Waals surface area contributed by atoms with E-state index in [2.05, 4.69) is 15.6 Å². The number of carbonyl (C=O) groups is 2. The molecule has 2 amide bonds. The average molecular weight is 396 g/mol. The Balaban J connectivity index is 1.70. The highest BCUT2D eigenvalue weighted by Gasteiger charge is 2.14. The molecular formula is C21H18ClN3O3. The minimum absolute atomic E-state index is 0.122. The van der Waals surface area contributed by atoms with Crippen LogP contribution in [0.25, 0.3) is 0 Å². The normalized spacial score (nSPS) is 10.2. The molecule has 2 aromatic carbocycles. The highest BCUT2D eigenvalue weighted by atomic mass is 35.5. The van der Waals surface area contributed by atoms with Gasteiger partial charge in [0.25, 0.3) is 11.8 Å². The number of anilines is 1. The summed E-state index contributed by atoms with van der Waals surface area (Å²) in [4.78, 5) is 29.1. The van der Waals surface area contributed by atoms with Crippen molar-refractivity contribution in [1.29, 1.82) is 0 Å². The average Bonchev–Trinajstić information content (AvgIpc) is 2.73. The van der Waals surface area contributed by atoms with E-state index in [1.54, 1.807) is 42.5 Å². The summed E-state index contributed by atoms with van der Waals surface area (Å²) in [7, 11) is 1.52. The molecule has 0 atom stereocenters. The number of nitrogens with one attached hydrogen (secondary N) is 2. The molecule has 28 heavy (non-hydrogen) atoms. The molecule has 0 saturated carbocycles. The molecule has 1 aromatic heterocycles. The smallest absolute Gasteiger partial charge is 0.274 e. The molecule has 0 unspecified atom stereocenters. The lowest BCUT2D eigenvalue weighted by Gasteiger charge is -2.10.